The molecule has 0 aliphatic carbocycles. The van der Waals surface area contributed by atoms with Crippen LogP contribution in [0.15, 0.2) is 121 Å². The first-order chi connectivity index (χ1) is 19.9. The molecule has 0 saturated carbocycles. The van der Waals surface area contributed by atoms with E-state index >= 15 is 0 Å². The van der Waals surface area contributed by atoms with E-state index in [2.05, 4.69) is 136 Å². The van der Waals surface area contributed by atoms with Crippen molar-refractivity contribution in [1.82, 2.24) is 0 Å². The third-order valence-corrected chi connectivity index (χ3v) is 9.65. The Balaban J connectivity index is 1.39. The van der Waals surface area contributed by atoms with Crippen molar-refractivity contribution in [3.63, 3.8) is 0 Å². The second-order valence-corrected chi connectivity index (χ2v) is 11.7. The highest BCUT2D eigenvalue weighted by Gasteiger charge is 2.45. The van der Waals surface area contributed by atoms with Gasteiger partial charge in [-0.15, -0.1) is 0 Å². The summed E-state index contributed by atoms with van der Waals surface area (Å²) >= 11 is 0. The van der Waals surface area contributed by atoms with Gasteiger partial charge in [0.25, 0.3) is 6.71 Å². The van der Waals surface area contributed by atoms with Gasteiger partial charge in [-0.1, -0.05) is 72.8 Å². The van der Waals surface area contributed by atoms with Crippen molar-refractivity contribution in [2.24, 2.45) is 0 Å². The van der Waals surface area contributed by atoms with Crippen molar-refractivity contribution >= 4 is 62.9 Å². The number of anilines is 7. The van der Waals surface area contributed by atoms with Gasteiger partial charge in [0.1, 0.15) is 0 Å². The third-order valence-electron chi connectivity index (χ3n) is 9.65. The molecule has 0 atom stereocenters. The number of para-hydroxylation sites is 4. The minimum Gasteiger partial charge on any atom is -0.365 e. The molecule has 40 heavy (non-hydrogen) atoms. The van der Waals surface area contributed by atoms with Gasteiger partial charge in [-0.25, -0.2) is 0 Å². The summed E-state index contributed by atoms with van der Waals surface area (Å²) in [6.07, 6.45) is 5.26. The van der Waals surface area contributed by atoms with E-state index in [0.717, 1.165) is 0 Å². The first-order valence-electron chi connectivity index (χ1n) is 14.7. The van der Waals surface area contributed by atoms with Crippen LogP contribution >= 0.6 is 0 Å². The second-order valence-electron chi connectivity index (χ2n) is 11.7. The van der Waals surface area contributed by atoms with E-state index in [1.807, 2.05) is 0 Å². The van der Waals surface area contributed by atoms with Gasteiger partial charge < -0.3 is 14.7 Å². The van der Waals surface area contributed by atoms with E-state index in [-0.39, 0.29) is 6.71 Å². The van der Waals surface area contributed by atoms with E-state index in [0.29, 0.717) is 12.1 Å². The van der Waals surface area contributed by atoms with E-state index in [9.17, 15) is 0 Å². The van der Waals surface area contributed by atoms with E-state index in [1.54, 1.807) is 0 Å². The van der Waals surface area contributed by atoms with Gasteiger partial charge in [0.2, 0.25) is 0 Å². The summed E-state index contributed by atoms with van der Waals surface area (Å²) in [5.74, 6) is 0. The lowest BCUT2D eigenvalue weighted by molar-refractivity contribution is 0.576. The van der Waals surface area contributed by atoms with Crippen molar-refractivity contribution in [2.75, 3.05) is 14.7 Å². The van der Waals surface area contributed by atoms with Crippen molar-refractivity contribution in [2.45, 2.75) is 37.8 Å². The Morgan fingerprint density at radius 2 is 0.875 bits per heavy atom. The zero-order valence-electron chi connectivity index (χ0n) is 22.4. The fourth-order valence-electron chi connectivity index (χ4n) is 8.08. The Morgan fingerprint density at radius 3 is 1.35 bits per heavy atom. The number of benzene rings is 5. The van der Waals surface area contributed by atoms with Crippen LogP contribution in [-0.2, 0) is 0 Å². The zero-order valence-corrected chi connectivity index (χ0v) is 22.4. The molecule has 4 aliphatic heterocycles. The molecule has 0 spiro atoms. The van der Waals surface area contributed by atoms with Gasteiger partial charge in [-0.2, -0.15) is 0 Å². The van der Waals surface area contributed by atoms with Crippen LogP contribution in [0.2, 0.25) is 0 Å². The minimum atomic E-state index is 0.182. The van der Waals surface area contributed by atoms with Gasteiger partial charge in [-0.3, -0.25) is 0 Å². The number of rotatable bonds is 3. The molecule has 192 valence electrons. The lowest BCUT2D eigenvalue weighted by Crippen LogP contribution is -2.61. The first kappa shape index (κ1) is 22.4. The van der Waals surface area contributed by atoms with Crippen LogP contribution in [0.4, 0.5) is 39.8 Å². The fraction of sp³-hybridized carbons (Fsp3) is 0.167. The fourth-order valence-corrected chi connectivity index (χ4v) is 8.08. The van der Waals surface area contributed by atoms with Crippen molar-refractivity contribution < 1.29 is 0 Å². The number of nitrogens with zero attached hydrogens (tertiary/aromatic N) is 3. The lowest BCUT2D eigenvalue weighted by Gasteiger charge is -2.45. The maximum atomic E-state index is 2.76. The molecule has 5 aromatic carbocycles. The predicted molar refractivity (Wildman–Crippen MR) is 169 cm³/mol. The molecular formula is C36H30BN3. The van der Waals surface area contributed by atoms with Gasteiger partial charge in [0, 0.05) is 51.9 Å². The minimum absolute atomic E-state index is 0.182. The second kappa shape index (κ2) is 8.53. The van der Waals surface area contributed by atoms with Crippen molar-refractivity contribution in [1.29, 1.82) is 0 Å². The van der Waals surface area contributed by atoms with Gasteiger partial charge in [0.05, 0.1) is 0 Å². The topological polar surface area (TPSA) is 9.72 Å². The zero-order chi connectivity index (χ0) is 26.2. The van der Waals surface area contributed by atoms with E-state index in [1.165, 1.54) is 81.9 Å². The van der Waals surface area contributed by atoms with Gasteiger partial charge in [-0.05, 0) is 90.6 Å². The summed E-state index contributed by atoms with van der Waals surface area (Å²) in [6.45, 7) is 0.182. The van der Waals surface area contributed by atoms with E-state index < -0.39 is 0 Å². The van der Waals surface area contributed by atoms with Crippen molar-refractivity contribution in [3.05, 3.63) is 121 Å². The first-order valence-corrected chi connectivity index (χ1v) is 14.7. The standard InChI is InChI=1S/C36H30BN3/c1-3-11-25(12-4-1)39-32-17-9-7-15-30(32)37-31-16-8-10-18-33(31)40(26-13-5-2-6-14-26)35-24-29(23-34(39)36(35)37)38-27-19-20-28(38)22-21-27/h1-18,23-24,27-28H,19-22H2. The molecule has 2 saturated heterocycles. The van der Waals surface area contributed by atoms with Gasteiger partial charge >= 0.3 is 0 Å². The molecule has 0 N–H and O–H groups in total. The smallest absolute Gasteiger partial charge is 0.252 e. The maximum Gasteiger partial charge on any atom is 0.252 e. The summed E-state index contributed by atoms with van der Waals surface area (Å²) in [5, 5.41) is 0. The molecule has 4 heteroatoms. The van der Waals surface area contributed by atoms with E-state index in [4.69, 9.17) is 0 Å². The van der Waals surface area contributed by atoms with Crippen LogP contribution < -0.4 is 31.1 Å². The molecule has 4 heterocycles. The maximum absolute atomic E-state index is 2.76. The molecular weight excluding hydrogens is 485 g/mol. The third kappa shape index (κ3) is 3.08. The highest BCUT2D eigenvalue weighted by atomic mass is 15.3. The molecule has 9 rings (SSSR count). The molecule has 4 aliphatic rings. The average molecular weight is 515 g/mol. The Labute approximate surface area is 236 Å². The highest BCUT2D eigenvalue weighted by molar-refractivity contribution is 7.00. The molecule has 5 aromatic rings. The molecule has 0 radical (unpaired) electrons. The summed E-state index contributed by atoms with van der Waals surface area (Å²) in [6, 6.07) is 46.3. The van der Waals surface area contributed by atoms with Crippen molar-refractivity contribution in [3.8, 4) is 0 Å². The van der Waals surface area contributed by atoms with Crippen LogP contribution in [0.1, 0.15) is 25.7 Å². The van der Waals surface area contributed by atoms with Crippen LogP contribution in [0.25, 0.3) is 0 Å². The SMILES string of the molecule is c1ccc(N2c3ccccc3B3c4ccccc4N(c4ccccc4)c4cc(N5C6CCC5CC6)cc2c43)cc1. The molecule has 3 nitrogen and oxygen atoms in total. The molecule has 2 fully saturated rings. The molecule has 2 bridgehead atoms. The summed E-state index contributed by atoms with van der Waals surface area (Å²) in [4.78, 5) is 7.80. The highest BCUT2D eigenvalue weighted by Crippen LogP contribution is 2.48. The molecule has 0 amide bonds. The Hall–Kier alpha value is -4.44. The summed E-state index contributed by atoms with van der Waals surface area (Å²) in [5.41, 5.74) is 13.1. The normalized spacial score (nSPS) is 19.9. The molecule has 0 unspecified atom stereocenters. The summed E-state index contributed by atoms with van der Waals surface area (Å²) in [7, 11) is 0. The molecule has 0 aromatic heterocycles. The number of fused-ring (bicyclic) bond motifs is 6. The van der Waals surface area contributed by atoms with Crippen LogP contribution in [0.3, 0.4) is 0 Å². The Morgan fingerprint density at radius 1 is 0.450 bits per heavy atom. The quantitative estimate of drug-likeness (QED) is 0.237. The monoisotopic (exact) mass is 515 g/mol. The van der Waals surface area contributed by atoms with Gasteiger partial charge in [0.15, 0.2) is 0 Å². The van der Waals surface area contributed by atoms with Crippen LogP contribution in [0.5, 0.6) is 0 Å². The van der Waals surface area contributed by atoms with Crippen LogP contribution in [-0.4, -0.2) is 18.8 Å². The lowest BCUT2D eigenvalue weighted by atomic mass is 9.33. The summed E-state index contributed by atoms with van der Waals surface area (Å²) < 4.78 is 0. The number of hydrogen-bond acceptors (Lipinski definition) is 3. The average Bonchev–Trinajstić information content (AvgIpc) is 3.62. The Bertz CT molecular complexity index is 1620. The number of hydrogen-bond donors (Lipinski definition) is 0. The predicted octanol–water partition coefficient (Wildman–Crippen LogP) is 6.90. The Kier molecular flexibility index (Phi) is 4.77. The largest absolute Gasteiger partial charge is 0.365 e. The van der Waals surface area contributed by atoms with Crippen LogP contribution in [0, 0.1) is 0 Å².